The minimum absolute atomic E-state index is 0.471. The number of nitriles is 1. The van der Waals surface area contributed by atoms with E-state index in [1.165, 1.54) is 16.7 Å². The van der Waals surface area contributed by atoms with Crippen LogP contribution in [0.1, 0.15) is 16.7 Å². The summed E-state index contributed by atoms with van der Waals surface area (Å²) in [6.45, 7) is 4.31. The summed E-state index contributed by atoms with van der Waals surface area (Å²) >= 11 is 0. The maximum absolute atomic E-state index is 10.9. The van der Waals surface area contributed by atoms with E-state index in [2.05, 4.69) is 109 Å². The zero-order chi connectivity index (χ0) is 43.9. The highest BCUT2D eigenvalue weighted by molar-refractivity contribution is 6.12. The lowest BCUT2D eigenvalue weighted by Crippen LogP contribution is -2.05. The molecule has 0 saturated heterocycles. The molecule has 11 rings (SSSR count). The quantitative estimate of drug-likeness (QED) is 0.152. The molecule has 0 unspecified atom stereocenters. The van der Waals surface area contributed by atoms with Crippen molar-refractivity contribution in [3.63, 3.8) is 0 Å². The van der Waals surface area contributed by atoms with Gasteiger partial charge in [-0.05, 0) is 73.0 Å². The lowest BCUT2D eigenvalue weighted by molar-refractivity contribution is 1.14. The first-order valence-electron chi connectivity index (χ1n) is 21.7. The average molecular weight is 833 g/mol. The Morgan fingerprint density at radius 2 is 0.862 bits per heavy atom. The number of nitrogens with zero attached hydrogens (tertiary/aromatic N) is 6. The van der Waals surface area contributed by atoms with Gasteiger partial charge in [-0.15, -0.1) is 0 Å². The van der Waals surface area contributed by atoms with E-state index in [0.717, 1.165) is 77.8 Å². The standard InChI is InChI=1S/C59H40N6/c1-38-27-29-46(39(2)31-38)45-28-30-56-48(34-45)47-25-15-16-26-55(47)65(56)57-49(53-35-51(41-17-7-3-8-18-41)61-58(63-53)43-21-11-5-12-22-43)32-40(37-60)33-50(57)54-36-52(42-19-9-4-10-20-42)62-59(64-54)44-23-13-6-14-24-44/h3-36H,1-2H3. The highest BCUT2D eigenvalue weighted by Crippen LogP contribution is 2.44. The van der Waals surface area contributed by atoms with Crippen LogP contribution in [0.3, 0.4) is 0 Å². The molecule has 0 aliphatic rings. The minimum atomic E-state index is 0.471. The van der Waals surface area contributed by atoms with Gasteiger partial charge in [-0.3, -0.25) is 0 Å². The fourth-order valence-electron chi connectivity index (χ4n) is 8.97. The van der Waals surface area contributed by atoms with Gasteiger partial charge in [0.2, 0.25) is 0 Å². The van der Waals surface area contributed by atoms with Gasteiger partial charge in [-0.1, -0.05) is 169 Å². The number of aromatic nitrogens is 5. The van der Waals surface area contributed by atoms with E-state index in [1.54, 1.807) is 0 Å². The molecular formula is C59H40N6. The summed E-state index contributed by atoms with van der Waals surface area (Å²) in [5.41, 5.74) is 16.2. The first kappa shape index (κ1) is 39.1. The largest absolute Gasteiger partial charge is 0.308 e. The average Bonchev–Trinajstić information content (AvgIpc) is 3.70. The van der Waals surface area contributed by atoms with Gasteiger partial charge in [-0.25, -0.2) is 19.9 Å². The highest BCUT2D eigenvalue weighted by Gasteiger charge is 2.25. The molecule has 6 nitrogen and oxygen atoms in total. The summed E-state index contributed by atoms with van der Waals surface area (Å²) in [5.74, 6) is 1.16. The summed E-state index contributed by atoms with van der Waals surface area (Å²) in [6.07, 6.45) is 0. The van der Waals surface area contributed by atoms with Crippen LogP contribution in [0.5, 0.6) is 0 Å². The van der Waals surface area contributed by atoms with Crippen molar-refractivity contribution in [3.05, 3.63) is 223 Å². The van der Waals surface area contributed by atoms with Crippen LogP contribution in [0.2, 0.25) is 0 Å². The number of rotatable bonds is 8. The molecule has 0 saturated carbocycles. The molecule has 8 aromatic carbocycles. The highest BCUT2D eigenvalue weighted by atomic mass is 15.0. The van der Waals surface area contributed by atoms with Crippen LogP contribution in [0, 0.1) is 25.2 Å². The smallest absolute Gasteiger partial charge is 0.160 e. The Kier molecular flexibility index (Phi) is 9.91. The van der Waals surface area contributed by atoms with Crippen molar-refractivity contribution in [1.29, 1.82) is 5.26 Å². The first-order chi connectivity index (χ1) is 32.0. The maximum Gasteiger partial charge on any atom is 0.160 e. The van der Waals surface area contributed by atoms with Gasteiger partial charge in [0, 0.05) is 44.2 Å². The number of para-hydroxylation sites is 1. The van der Waals surface area contributed by atoms with E-state index in [0.29, 0.717) is 28.6 Å². The number of hydrogen-bond acceptors (Lipinski definition) is 5. The van der Waals surface area contributed by atoms with E-state index >= 15 is 0 Å². The Morgan fingerprint density at radius 3 is 1.38 bits per heavy atom. The molecule has 0 fully saturated rings. The van der Waals surface area contributed by atoms with Crippen molar-refractivity contribution in [2.75, 3.05) is 0 Å². The molecule has 11 aromatic rings. The van der Waals surface area contributed by atoms with Gasteiger partial charge in [-0.2, -0.15) is 5.26 Å². The second-order valence-electron chi connectivity index (χ2n) is 16.3. The summed E-state index contributed by atoms with van der Waals surface area (Å²) in [7, 11) is 0. The molecular weight excluding hydrogens is 793 g/mol. The van der Waals surface area contributed by atoms with Crippen LogP contribution in [0.4, 0.5) is 0 Å². The van der Waals surface area contributed by atoms with Crippen LogP contribution in [-0.2, 0) is 0 Å². The van der Waals surface area contributed by atoms with E-state index < -0.39 is 0 Å². The molecule has 0 aliphatic carbocycles. The normalized spacial score (nSPS) is 11.2. The molecule has 0 aliphatic heterocycles. The van der Waals surface area contributed by atoms with Crippen LogP contribution in [0.15, 0.2) is 206 Å². The second-order valence-corrected chi connectivity index (χ2v) is 16.3. The van der Waals surface area contributed by atoms with Gasteiger partial charge in [0.05, 0.1) is 51.1 Å². The Balaban J connectivity index is 1.28. The molecule has 6 heteroatoms. The lowest BCUT2D eigenvalue weighted by atomic mass is 9.95. The number of aryl methyl sites for hydroxylation is 2. The third-order valence-corrected chi connectivity index (χ3v) is 12.0. The Bertz CT molecular complexity index is 3350. The molecule has 3 heterocycles. The van der Waals surface area contributed by atoms with Gasteiger partial charge in [0.15, 0.2) is 11.6 Å². The molecule has 0 atom stereocenters. The van der Waals surface area contributed by atoms with Crippen LogP contribution < -0.4 is 0 Å². The summed E-state index contributed by atoms with van der Waals surface area (Å²) in [6, 6.07) is 73.0. The van der Waals surface area contributed by atoms with Crippen molar-refractivity contribution < 1.29 is 0 Å². The van der Waals surface area contributed by atoms with Crippen LogP contribution in [-0.4, -0.2) is 24.5 Å². The third kappa shape index (κ3) is 7.31. The first-order valence-corrected chi connectivity index (χ1v) is 21.7. The van der Waals surface area contributed by atoms with E-state index in [9.17, 15) is 5.26 Å². The van der Waals surface area contributed by atoms with Crippen LogP contribution >= 0.6 is 0 Å². The summed E-state index contributed by atoms with van der Waals surface area (Å²) in [4.78, 5) is 21.1. The monoisotopic (exact) mass is 832 g/mol. The Labute approximate surface area is 377 Å². The molecule has 306 valence electrons. The predicted molar refractivity (Wildman–Crippen MR) is 264 cm³/mol. The molecule has 0 amide bonds. The van der Waals surface area contributed by atoms with Crippen molar-refractivity contribution in [3.8, 4) is 90.7 Å². The third-order valence-electron chi connectivity index (χ3n) is 12.0. The van der Waals surface area contributed by atoms with E-state index in [-0.39, 0.29) is 0 Å². The molecule has 0 radical (unpaired) electrons. The van der Waals surface area contributed by atoms with Crippen molar-refractivity contribution >= 4 is 21.8 Å². The molecule has 65 heavy (non-hydrogen) atoms. The van der Waals surface area contributed by atoms with Gasteiger partial charge in [0.1, 0.15) is 0 Å². The summed E-state index contributed by atoms with van der Waals surface area (Å²) in [5, 5.41) is 13.1. The van der Waals surface area contributed by atoms with Crippen molar-refractivity contribution in [1.82, 2.24) is 24.5 Å². The maximum atomic E-state index is 10.9. The summed E-state index contributed by atoms with van der Waals surface area (Å²) < 4.78 is 2.33. The Hall–Kier alpha value is -8.79. The fourth-order valence-corrected chi connectivity index (χ4v) is 8.97. The van der Waals surface area contributed by atoms with Gasteiger partial charge < -0.3 is 4.57 Å². The zero-order valence-electron chi connectivity index (χ0n) is 35.8. The van der Waals surface area contributed by atoms with E-state index in [4.69, 9.17) is 19.9 Å². The van der Waals surface area contributed by atoms with Crippen molar-refractivity contribution in [2.45, 2.75) is 13.8 Å². The molecule has 3 aromatic heterocycles. The fraction of sp³-hybridized carbons (Fsp3) is 0.0339. The minimum Gasteiger partial charge on any atom is -0.308 e. The zero-order valence-corrected chi connectivity index (χ0v) is 35.8. The van der Waals surface area contributed by atoms with Gasteiger partial charge >= 0.3 is 0 Å². The number of fused-ring (bicyclic) bond motifs is 3. The Morgan fingerprint density at radius 1 is 0.385 bits per heavy atom. The van der Waals surface area contributed by atoms with E-state index in [1.807, 2.05) is 121 Å². The lowest BCUT2D eigenvalue weighted by Gasteiger charge is -2.20. The van der Waals surface area contributed by atoms with Crippen LogP contribution in [0.25, 0.3) is 106 Å². The predicted octanol–water partition coefficient (Wildman–Crippen LogP) is 14.5. The SMILES string of the molecule is Cc1ccc(-c2ccc3c(c2)c2ccccc2n3-c2c(-c3cc(-c4ccccc4)nc(-c4ccccc4)n3)cc(C#N)cc2-c2cc(-c3ccccc3)nc(-c3ccccc3)n2)c(C)c1. The molecule has 0 spiro atoms. The molecule has 0 N–H and O–H groups in total. The van der Waals surface area contributed by atoms with Gasteiger partial charge in [0.25, 0.3) is 0 Å². The second kappa shape index (κ2) is 16.5. The molecule has 0 bridgehead atoms. The van der Waals surface area contributed by atoms with Crippen molar-refractivity contribution in [2.24, 2.45) is 0 Å². The number of hydrogen-bond donors (Lipinski definition) is 0. The topological polar surface area (TPSA) is 80.3 Å². The number of benzene rings is 8.